The number of carboxylic acid groups (broad SMARTS) is 1. The summed E-state index contributed by atoms with van der Waals surface area (Å²) < 4.78 is 18.8. The number of aryl methyl sites for hydroxylation is 1. The average molecular weight is 260 g/mol. The first kappa shape index (κ1) is 13.1. The number of para-hydroxylation sites is 1. The predicted molar refractivity (Wildman–Crippen MR) is 68.9 cm³/mol. The maximum atomic E-state index is 13.2. The number of carbonyl (C=O) groups is 1. The van der Waals surface area contributed by atoms with Gasteiger partial charge in [0.1, 0.15) is 18.2 Å². The Labute approximate surface area is 110 Å². The number of hydrogen-bond acceptors (Lipinski definition) is 2. The summed E-state index contributed by atoms with van der Waals surface area (Å²) in [7, 11) is 0. The molecule has 0 bridgehead atoms. The van der Waals surface area contributed by atoms with E-state index in [9.17, 15) is 9.18 Å². The van der Waals surface area contributed by atoms with Crippen LogP contribution in [0.2, 0.25) is 0 Å². The molecule has 98 valence electrons. The third-order valence-electron chi connectivity index (χ3n) is 2.75. The van der Waals surface area contributed by atoms with Crippen LogP contribution in [0.1, 0.15) is 21.5 Å². The number of aromatic carboxylic acids is 1. The fraction of sp³-hybridized carbons (Fsp3) is 0.133. The molecule has 0 spiro atoms. The molecule has 1 N–H and O–H groups in total. The molecule has 0 saturated carbocycles. The number of carboxylic acids is 1. The molecule has 4 heteroatoms. The van der Waals surface area contributed by atoms with Crippen molar-refractivity contribution >= 4 is 5.97 Å². The van der Waals surface area contributed by atoms with Gasteiger partial charge in [-0.15, -0.1) is 0 Å². The van der Waals surface area contributed by atoms with E-state index in [2.05, 4.69) is 0 Å². The van der Waals surface area contributed by atoms with Gasteiger partial charge < -0.3 is 9.84 Å². The topological polar surface area (TPSA) is 46.5 Å². The molecule has 2 rings (SSSR count). The van der Waals surface area contributed by atoms with E-state index in [0.29, 0.717) is 5.56 Å². The molecule has 2 aromatic carbocycles. The van der Waals surface area contributed by atoms with Crippen LogP contribution in [0.25, 0.3) is 0 Å². The van der Waals surface area contributed by atoms with Crippen molar-refractivity contribution in [2.45, 2.75) is 13.5 Å². The van der Waals surface area contributed by atoms with Crippen LogP contribution in [0.15, 0.2) is 42.5 Å². The third-order valence-corrected chi connectivity index (χ3v) is 2.75. The fourth-order valence-electron chi connectivity index (χ4n) is 1.71. The normalized spacial score (nSPS) is 10.2. The molecular formula is C15H13FO3. The zero-order valence-electron chi connectivity index (χ0n) is 10.4. The Kier molecular flexibility index (Phi) is 3.80. The number of halogens is 1. The van der Waals surface area contributed by atoms with Gasteiger partial charge in [-0.1, -0.05) is 24.3 Å². The molecule has 0 saturated heterocycles. The van der Waals surface area contributed by atoms with Gasteiger partial charge in [0.25, 0.3) is 0 Å². The molecule has 0 fully saturated rings. The van der Waals surface area contributed by atoms with Crippen LogP contribution in [0.4, 0.5) is 4.39 Å². The van der Waals surface area contributed by atoms with Crippen molar-refractivity contribution < 1.29 is 19.0 Å². The Morgan fingerprint density at radius 1 is 1.26 bits per heavy atom. The molecule has 0 aromatic heterocycles. The van der Waals surface area contributed by atoms with Gasteiger partial charge in [0.2, 0.25) is 0 Å². The van der Waals surface area contributed by atoms with E-state index >= 15 is 0 Å². The number of ether oxygens (including phenoxy) is 1. The average Bonchev–Trinajstić information content (AvgIpc) is 2.39. The number of hydrogen-bond donors (Lipinski definition) is 1. The second kappa shape index (κ2) is 5.52. The van der Waals surface area contributed by atoms with Gasteiger partial charge in [-0.05, 0) is 36.2 Å². The highest BCUT2D eigenvalue weighted by molar-refractivity contribution is 5.88. The standard InChI is InChI=1S/C15H13FO3/c1-10-4-2-3-5-14(10)19-9-11-6-7-13(16)12(8-11)15(17)18/h2-8H,9H2,1H3,(H,17,18). The van der Waals surface area contributed by atoms with Crippen molar-refractivity contribution in [1.82, 2.24) is 0 Å². The van der Waals surface area contributed by atoms with Crippen molar-refractivity contribution in [2.24, 2.45) is 0 Å². The highest BCUT2D eigenvalue weighted by Crippen LogP contribution is 2.18. The Balaban J connectivity index is 2.14. The van der Waals surface area contributed by atoms with Crippen LogP contribution in [0.5, 0.6) is 5.75 Å². The van der Waals surface area contributed by atoms with Gasteiger partial charge in [-0.25, -0.2) is 9.18 Å². The SMILES string of the molecule is Cc1ccccc1OCc1ccc(F)c(C(=O)O)c1. The van der Waals surface area contributed by atoms with Crippen LogP contribution in [0, 0.1) is 12.7 Å². The van der Waals surface area contributed by atoms with Crippen LogP contribution < -0.4 is 4.74 Å². The van der Waals surface area contributed by atoms with Crippen molar-refractivity contribution in [2.75, 3.05) is 0 Å². The molecule has 0 aliphatic rings. The monoisotopic (exact) mass is 260 g/mol. The van der Waals surface area contributed by atoms with Gasteiger partial charge in [0.15, 0.2) is 0 Å². The lowest BCUT2D eigenvalue weighted by atomic mass is 10.1. The third kappa shape index (κ3) is 3.10. The minimum absolute atomic E-state index is 0.200. The Bertz CT molecular complexity index is 608. The lowest BCUT2D eigenvalue weighted by Gasteiger charge is -2.09. The summed E-state index contributed by atoms with van der Waals surface area (Å²) in [5.74, 6) is -1.30. The molecule has 0 amide bonds. The molecule has 19 heavy (non-hydrogen) atoms. The molecule has 0 radical (unpaired) electrons. The van der Waals surface area contributed by atoms with Crippen LogP contribution in [-0.2, 0) is 6.61 Å². The van der Waals surface area contributed by atoms with Gasteiger partial charge in [-0.2, -0.15) is 0 Å². The molecule has 2 aromatic rings. The summed E-state index contributed by atoms with van der Waals surface area (Å²) in [5, 5.41) is 8.84. The summed E-state index contributed by atoms with van der Waals surface area (Å²) in [6.45, 7) is 2.12. The van der Waals surface area contributed by atoms with E-state index in [1.54, 1.807) is 0 Å². The van der Waals surface area contributed by atoms with Crippen molar-refractivity contribution in [3.05, 3.63) is 65.0 Å². The second-order valence-corrected chi connectivity index (χ2v) is 4.17. The second-order valence-electron chi connectivity index (χ2n) is 4.17. The Hall–Kier alpha value is -2.36. The molecule has 0 heterocycles. The van der Waals surface area contributed by atoms with Gasteiger partial charge in [0, 0.05) is 0 Å². The van der Waals surface area contributed by atoms with Crippen LogP contribution in [0.3, 0.4) is 0 Å². The highest BCUT2D eigenvalue weighted by atomic mass is 19.1. The van der Waals surface area contributed by atoms with Crippen molar-refractivity contribution in [3.8, 4) is 5.75 Å². The number of benzene rings is 2. The van der Waals surface area contributed by atoms with E-state index in [1.807, 2.05) is 31.2 Å². The first-order valence-corrected chi connectivity index (χ1v) is 5.78. The largest absolute Gasteiger partial charge is 0.489 e. The molecular weight excluding hydrogens is 247 g/mol. The zero-order valence-corrected chi connectivity index (χ0v) is 10.4. The predicted octanol–water partition coefficient (Wildman–Crippen LogP) is 3.41. The lowest BCUT2D eigenvalue weighted by molar-refractivity contribution is 0.0691. The molecule has 3 nitrogen and oxygen atoms in total. The quantitative estimate of drug-likeness (QED) is 0.916. The first-order chi connectivity index (χ1) is 9.08. The summed E-state index contributed by atoms with van der Waals surface area (Å²) >= 11 is 0. The van der Waals surface area contributed by atoms with E-state index in [0.717, 1.165) is 17.4 Å². The summed E-state index contributed by atoms with van der Waals surface area (Å²) in [6, 6.07) is 11.5. The highest BCUT2D eigenvalue weighted by Gasteiger charge is 2.11. The van der Waals surface area contributed by atoms with Crippen molar-refractivity contribution in [1.29, 1.82) is 0 Å². The van der Waals surface area contributed by atoms with E-state index in [4.69, 9.17) is 9.84 Å². The molecule has 0 unspecified atom stereocenters. The van der Waals surface area contributed by atoms with Gasteiger partial charge in [0.05, 0.1) is 5.56 Å². The first-order valence-electron chi connectivity index (χ1n) is 5.78. The Morgan fingerprint density at radius 2 is 2.00 bits per heavy atom. The smallest absolute Gasteiger partial charge is 0.338 e. The van der Waals surface area contributed by atoms with E-state index < -0.39 is 11.8 Å². The minimum atomic E-state index is -1.28. The fourth-order valence-corrected chi connectivity index (χ4v) is 1.71. The number of rotatable bonds is 4. The molecule has 0 atom stereocenters. The Morgan fingerprint density at radius 3 is 2.68 bits per heavy atom. The maximum Gasteiger partial charge on any atom is 0.338 e. The lowest BCUT2D eigenvalue weighted by Crippen LogP contribution is -2.03. The molecule has 0 aliphatic heterocycles. The molecule has 0 aliphatic carbocycles. The minimum Gasteiger partial charge on any atom is -0.489 e. The summed E-state index contributed by atoms with van der Waals surface area (Å²) in [5.41, 5.74) is 1.26. The summed E-state index contributed by atoms with van der Waals surface area (Å²) in [6.07, 6.45) is 0. The van der Waals surface area contributed by atoms with Gasteiger partial charge in [-0.3, -0.25) is 0 Å². The van der Waals surface area contributed by atoms with Crippen LogP contribution >= 0.6 is 0 Å². The van der Waals surface area contributed by atoms with E-state index in [-0.39, 0.29) is 12.2 Å². The maximum absolute atomic E-state index is 13.2. The van der Waals surface area contributed by atoms with Crippen LogP contribution in [-0.4, -0.2) is 11.1 Å². The van der Waals surface area contributed by atoms with E-state index in [1.165, 1.54) is 12.1 Å². The zero-order chi connectivity index (χ0) is 13.8. The summed E-state index contributed by atoms with van der Waals surface area (Å²) in [4.78, 5) is 10.8. The van der Waals surface area contributed by atoms with Crippen molar-refractivity contribution in [3.63, 3.8) is 0 Å². The van der Waals surface area contributed by atoms with Gasteiger partial charge >= 0.3 is 5.97 Å².